The van der Waals surface area contributed by atoms with Crippen LogP contribution in [0.5, 0.6) is 0 Å². The molecule has 0 aromatic carbocycles. The lowest BCUT2D eigenvalue weighted by molar-refractivity contribution is 0.180. The molecule has 1 heteroatoms. The van der Waals surface area contributed by atoms with Crippen molar-refractivity contribution in [2.75, 3.05) is 0 Å². The maximum Gasteiger partial charge on any atom is 0.0443 e. The SMILES string of the molecule is C[C@]12CCC[C@@](C)(CC1)C2Cl. The summed E-state index contributed by atoms with van der Waals surface area (Å²) >= 11 is 6.46. The quantitative estimate of drug-likeness (QED) is 0.490. The van der Waals surface area contributed by atoms with Crippen LogP contribution in [-0.2, 0) is 0 Å². The van der Waals surface area contributed by atoms with Gasteiger partial charge < -0.3 is 0 Å². The van der Waals surface area contributed by atoms with Gasteiger partial charge in [0, 0.05) is 5.38 Å². The second-order valence-corrected chi connectivity index (χ2v) is 5.46. The summed E-state index contributed by atoms with van der Waals surface area (Å²) in [5, 5.41) is 0.448. The summed E-state index contributed by atoms with van der Waals surface area (Å²) in [4.78, 5) is 0. The van der Waals surface area contributed by atoms with Gasteiger partial charge in [-0.2, -0.15) is 0 Å². The predicted molar refractivity (Wildman–Crippen MR) is 48.9 cm³/mol. The minimum absolute atomic E-state index is 0.448. The molecule has 64 valence electrons. The van der Waals surface area contributed by atoms with Crippen LogP contribution in [0.4, 0.5) is 0 Å². The van der Waals surface area contributed by atoms with E-state index in [1.807, 2.05) is 0 Å². The molecule has 2 rings (SSSR count). The van der Waals surface area contributed by atoms with Crippen molar-refractivity contribution in [3.05, 3.63) is 0 Å². The summed E-state index contributed by atoms with van der Waals surface area (Å²) in [5.74, 6) is 0. The molecule has 0 heterocycles. The van der Waals surface area contributed by atoms with E-state index in [1.54, 1.807) is 0 Å². The number of hydrogen-bond acceptors (Lipinski definition) is 0. The van der Waals surface area contributed by atoms with Crippen molar-refractivity contribution in [1.29, 1.82) is 0 Å². The highest BCUT2D eigenvalue weighted by Crippen LogP contribution is 2.60. The summed E-state index contributed by atoms with van der Waals surface area (Å²) in [6.45, 7) is 4.74. The first-order valence-electron chi connectivity index (χ1n) is 4.71. The molecular weight excluding hydrogens is 156 g/mol. The van der Waals surface area contributed by atoms with Gasteiger partial charge in [-0.15, -0.1) is 11.6 Å². The van der Waals surface area contributed by atoms with Crippen LogP contribution in [0.3, 0.4) is 0 Å². The van der Waals surface area contributed by atoms with E-state index in [4.69, 9.17) is 11.6 Å². The molecule has 0 radical (unpaired) electrons. The van der Waals surface area contributed by atoms with E-state index in [0.29, 0.717) is 16.2 Å². The third-order valence-electron chi connectivity index (χ3n) is 3.99. The fourth-order valence-corrected chi connectivity index (χ4v) is 3.50. The zero-order valence-corrected chi connectivity index (χ0v) is 8.25. The summed E-state index contributed by atoms with van der Waals surface area (Å²) < 4.78 is 0. The second kappa shape index (κ2) is 2.16. The van der Waals surface area contributed by atoms with Crippen LogP contribution in [0, 0.1) is 10.8 Å². The molecular formula is C10H17Cl. The van der Waals surface area contributed by atoms with Crippen molar-refractivity contribution in [2.45, 2.75) is 51.3 Å². The highest BCUT2D eigenvalue weighted by Gasteiger charge is 2.53. The van der Waals surface area contributed by atoms with Gasteiger partial charge >= 0.3 is 0 Å². The highest BCUT2D eigenvalue weighted by molar-refractivity contribution is 6.21. The Morgan fingerprint density at radius 1 is 1.00 bits per heavy atom. The molecule has 0 spiro atoms. The van der Waals surface area contributed by atoms with Gasteiger partial charge in [-0.25, -0.2) is 0 Å². The van der Waals surface area contributed by atoms with Gasteiger partial charge in [0.2, 0.25) is 0 Å². The number of halogens is 1. The molecule has 2 aliphatic carbocycles. The molecule has 11 heavy (non-hydrogen) atoms. The van der Waals surface area contributed by atoms with E-state index in [9.17, 15) is 0 Å². The molecule has 0 aliphatic heterocycles. The second-order valence-electron chi connectivity index (χ2n) is 5.02. The topological polar surface area (TPSA) is 0 Å². The predicted octanol–water partition coefficient (Wildman–Crippen LogP) is 3.58. The lowest BCUT2D eigenvalue weighted by atomic mass is 9.70. The molecule has 2 fully saturated rings. The van der Waals surface area contributed by atoms with Crippen molar-refractivity contribution >= 4 is 11.6 Å². The number of alkyl halides is 1. The van der Waals surface area contributed by atoms with Crippen LogP contribution in [0.25, 0.3) is 0 Å². The van der Waals surface area contributed by atoms with E-state index >= 15 is 0 Å². The Bertz CT molecular complexity index is 160. The lowest BCUT2D eigenvalue weighted by Gasteiger charge is -2.40. The third-order valence-corrected chi connectivity index (χ3v) is 5.04. The van der Waals surface area contributed by atoms with Crippen LogP contribution in [-0.4, -0.2) is 5.38 Å². The molecule has 0 aromatic rings. The first-order valence-corrected chi connectivity index (χ1v) is 5.15. The van der Waals surface area contributed by atoms with Crippen molar-refractivity contribution in [1.82, 2.24) is 0 Å². The average molecular weight is 173 g/mol. The summed E-state index contributed by atoms with van der Waals surface area (Å²) in [5.41, 5.74) is 0.961. The van der Waals surface area contributed by atoms with Crippen molar-refractivity contribution in [2.24, 2.45) is 10.8 Å². The maximum atomic E-state index is 6.46. The largest absolute Gasteiger partial charge is 0.122 e. The van der Waals surface area contributed by atoms with Crippen molar-refractivity contribution in [3.63, 3.8) is 0 Å². The summed E-state index contributed by atoms with van der Waals surface area (Å²) in [7, 11) is 0. The normalized spacial score (nSPS) is 56.5. The average Bonchev–Trinajstić information content (AvgIpc) is 2.17. The summed E-state index contributed by atoms with van der Waals surface area (Å²) in [6.07, 6.45) is 6.83. The Balaban J connectivity index is 2.30. The van der Waals surface area contributed by atoms with E-state index < -0.39 is 0 Å². The lowest BCUT2D eigenvalue weighted by Crippen LogP contribution is -2.36. The van der Waals surface area contributed by atoms with Gasteiger partial charge in [-0.3, -0.25) is 0 Å². The Hall–Kier alpha value is 0.290. The molecule has 0 unspecified atom stereocenters. The minimum atomic E-state index is 0.448. The smallest absolute Gasteiger partial charge is 0.0443 e. The van der Waals surface area contributed by atoms with Crippen LogP contribution in [0.15, 0.2) is 0 Å². The molecule has 0 amide bonds. The van der Waals surface area contributed by atoms with E-state index in [-0.39, 0.29) is 0 Å². The standard InChI is InChI=1S/C10H17Cl/c1-9-4-3-5-10(2,7-6-9)8(9)11/h8H,3-7H2,1-2H3/t9-,10-/m0/s1. The first-order chi connectivity index (χ1) is 5.07. The Labute approximate surface area is 74.3 Å². The Morgan fingerprint density at radius 2 is 1.45 bits per heavy atom. The monoisotopic (exact) mass is 172 g/mol. The fraction of sp³-hybridized carbons (Fsp3) is 1.00. The molecule has 2 bridgehead atoms. The molecule has 2 saturated carbocycles. The number of hydrogen-bond donors (Lipinski definition) is 0. The van der Waals surface area contributed by atoms with Crippen LogP contribution in [0.1, 0.15) is 46.0 Å². The molecule has 0 saturated heterocycles. The van der Waals surface area contributed by atoms with E-state index in [2.05, 4.69) is 13.8 Å². The molecule has 0 N–H and O–H groups in total. The molecule has 0 nitrogen and oxygen atoms in total. The zero-order chi connectivity index (χ0) is 8.11. The first kappa shape index (κ1) is 7.91. The minimum Gasteiger partial charge on any atom is -0.122 e. The highest BCUT2D eigenvalue weighted by atomic mass is 35.5. The number of rotatable bonds is 0. The van der Waals surface area contributed by atoms with Crippen LogP contribution >= 0.6 is 11.6 Å². The van der Waals surface area contributed by atoms with Gasteiger partial charge in [-0.05, 0) is 36.5 Å². The Kier molecular flexibility index (Phi) is 1.55. The van der Waals surface area contributed by atoms with Gasteiger partial charge in [0.1, 0.15) is 0 Å². The van der Waals surface area contributed by atoms with Gasteiger partial charge in [0.15, 0.2) is 0 Å². The molecule has 0 aromatic heterocycles. The van der Waals surface area contributed by atoms with Gasteiger partial charge in [-0.1, -0.05) is 20.3 Å². The summed E-state index contributed by atoms with van der Waals surface area (Å²) in [6, 6.07) is 0. The zero-order valence-electron chi connectivity index (χ0n) is 7.49. The van der Waals surface area contributed by atoms with Gasteiger partial charge in [0.25, 0.3) is 0 Å². The van der Waals surface area contributed by atoms with Crippen LogP contribution in [0.2, 0.25) is 0 Å². The van der Waals surface area contributed by atoms with Gasteiger partial charge in [0.05, 0.1) is 0 Å². The molecule has 2 atom stereocenters. The van der Waals surface area contributed by atoms with Crippen molar-refractivity contribution in [3.8, 4) is 0 Å². The maximum absolute atomic E-state index is 6.46. The fourth-order valence-electron chi connectivity index (χ4n) is 3.07. The number of fused-ring (bicyclic) bond motifs is 2. The van der Waals surface area contributed by atoms with Crippen molar-refractivity contribution < 1.29 is 0 Å². The van der Waals surface area contributed by atoms with E-state index in [1.165, 1.54) is 32.1 Å². The van der Waals surface area contributed by atoms with Crippen LogP contribution < -0.4 is 0 Å². The third kappa shape index (κ3) is 0.950. The van der Waals surface area contributed by atoms with E-state index in [0.717, 1.165) is 0 Å². The Morgan fingerprint density at radius 3 is 1.82 bits per heavy atom. The molecule has 2 aliphatic rings.